The van der Waals surface area contributed by atoms with Crippen molar-refractivity contribution < 1.29 is 4.74 Å². The number of thioether (sulfide) groups is 1. The molecule has 4 nitrogen and oxygen atoms in total. The Kier molecular flexibility index (Phi) is 10.9. The largest absolute Gasteiger partial charge is 0.479 e. The summed E-state index contributed by atoms with van der Waals surface area (Å²) in [6.07, 6.45) is 15.2. The van der Waals surface area contributed by atoms with Gasteiger partial charge in [-0.3, -0.25) is 0 Å². The zero-order valence-electron chi connectivity index (χ0n) is 14.1. The van der Waals surface area contributed by atoms with Crippen LogP contribution in [0.3, 0.4) is 0 Å². The highest BCUT2D eigenvalue weighted by Gasteiger charge is 2.04. The summed E-state index contributed by atoms with van der Waals surface area (Å²) < 4.78 is 5.10. The summed E-state index contributed by atoms with van der Waals surface area (Å²) in [4.78, 5) is 8.49. The van der Waals surface area contributed by atoms with Crippen molar-refractivity contribution in [3.63, 3.8) is 0 Å². The molecular formula is C17H31N3OS. The first-order valence-electron chi connectivity index (χ1n) is 8.57. The van der Waals surface area contributed by atoms with Gasteiger partial charge in [0.2, 0.25) is 5.88 Å². The van der Waals surface area contributed by atoms with E-state index in [2.05, 4.69) is 16.9 Å². The van der Waals surface area contributed by atoms with Gasteiger partial charge in [-0.1, -0.05) is 76.5 Å². The summed E-state index contributed by atoms with van der Waals surface area (Å²) in [6.45, 7) is 2.27. The topological polar surface area (TPSA) is 61.0 Å². The van der Waals surface area contributed by atoms with E-state index in [4.69, 9.17) is 10.5 Å². The fourth-order valence-electron chi connectivity index (χ4n) is 2.35. The van der Waals surface area contributed by atoms with Gasteiger partial charge >= 0.3 is 0 Å². The molecule has 126 valence electrons. The second-order valence-corrected chi connectivity index (χ2v) is 6.71. The minimum absolute atomic E-state index is 0.473. The Bertz CT molecular complexity index is 401. The first kappa shape index (κ1) is 19.1. The summed E-state index contributed by atoms with van der Waals surface area (Å²) in [7, 11) is 1.58. The summed E-state index contributed by atoms with van der Waals surface area (Å²) in [5.41, 5.74) is 6.19. The first-order chi connectivity index (χ1) is 10.8. The quantitative estimate of drug-likeness (QED) is 0.311. The fourth-order valence-corrected chi connectivity index (χ4v) is 3.15. The number of hydrogen-bond donors (Lipinski definition) is 1. The third kappa shape index (κ3) is 8.47. The van der Waals surface area contributed by atoms with Crippen molar-refractivity contribution in [2.45, 2.75) is 76.3 Å². The average molecular weight is 326 g/mol. The number of nitrogens with two attached hydrogens (primary N) is 1. The van der Waals surface area contributed by atoms with Gasteiger partial charge in [0.25, 0.3) is 0 Å². The molecule has 0 fully saturated rings. The molecule has 1 aromatic rings. The van der Waals surface area contributed by atoms with Crippen LogP contribution in [0.2, 0.25) is 0 Å². The standard InChI is InChI=1S/C17H31N3OS/c1-3-4-5-6-7-8-9-10-11-12-13-22-17-19-14-15(18)16(20-17)21-2/h14H,3-13,18H2,1-2H3. The Hall–Kier alpha value is -0.970. The van der Waals surface area contributed by atoms with Gasteiger partial charge in [-0.05, 0) is 6.42 Å². The zero-order valence-corrected chi connectivity index (χ0v) is 15.0. The molecule has 1 rings (SSSR count). The van der Waals surface area contributed by atoms with Crippen molar-refractivity contribution in [3.8, 4) is 5.88 Å². The lowest BCUT2D eigenvalue weighted by Crippen LogP contribution is -1.98. The number of ether oxygens (including phenoxy) is 1. The van der Waals surface area contributed by atoms with Gasteiger partial charge in [-0.2, -0.15) is 4.98 Å². The third-order valence-electron chi connectivity index (χ3n) is 3.68. The Morgan fingerprint density at radius 1 is 1.00 bits per heavy atom. The minimum atomic E-state index is 0.473. The Morgan fingerprint density at radius 2 is 1.59 bits per heavy atom. The highest BCUT2D eigenvalue weighted by Crippen LogP contribution is 2.22. The highest BCUT2D eigenvalue weighted by molar-refractivity contribution is 7.99. The molecule has 0 bridgehead atoms. The van der Waals surface area contributed by atoms with Crippen LogP contribution in [-0.4, -0.2) is 22.8 Å². The van der Waals surface area contributed by atoms with Crippen molar-refractivity contribution in [2.24, 2.45) is 0 Å². The van der Waals surface area contributed by atoms with Gasteiger partial charge in [0.1, 0.15) is 5.69 Å². The first-order valence-corrected chi connectivity index (χ1v) is 9.55. The third-order valence-corrected chi connectivity index (χ3v) is 4.63. The predicted octanol–water partition coefficient (Wildman–Crippen LogP) is 5.08. The Balaban J connectivity index is 1.97. The number of nitrogens with zero attached hydrogens (tertiary/aromatic N) is 2. The van der Waals surface area contributed by atoms with E-state index < -0.39 is 0 Å². The van der Waals surface area contributed by atoms with Crippen LogP contribution in [0.4, 0.5) is 5.69 Å². The number of anilines is 1. The van der Waals surface area contributed by atoms with E-state index in [0.717, 1.165) is 10.9 Å². The molecule has 0 unspecified atom stereocenters. The lowest BCUT2D eigenvalue weighted by molar-refractivity contribution is 0.395. The van der Waals surface area contributed by atoms with Gasteiger partial charge in [0.15, 0.2) is 5.16 Å². The van der Waals surface area contributed by atoms with Crippen molar-refractivity contribution >= 4 is 17.4 Å². The average Bonchev–Trinajstić information content (AvgIpc) is 2.54. The number of aromatic nitrogens is 2. The zero-order chi connectivity index (χ0) is 16.0. The van der Waals surface area contributed by atoms with Crippen LogP contribution in [0, 0.1) is 0 Å². The number of unbranched alkanes of at least 4 members (excludes halogenated alkanes) is 9. The van der Waals surface area contributed by atoms with Crippen molar-refractivity contribution in [1.29, 1.82) is 0 Å². The molecule has 0 saturated heterocycles. The van der Waals surface area contributed by atoms with Crippen LogP contribution in [0.1, 0.15) is 71.1 Å². The van der Waals surface area contributed by atoms with E-state index in [1.807, 2.05) is 0 Å². The maximum atomic E-state index is 5.70. The number of hydrogen-bond acceptors (Lipinski definition) is 5. The smallest absolute Gasteiger partial charge is 0.241 e. The molecule has 0 radical (unpaired) electrons. The lowest BCUT2D eigenvalue weighted by atomic mass is 10.1. The SMILES string of the molecule is CCCCCCCCCCCCSc1ncc(N)c(OC)n1. The van der Waals surface area contributed by atoms with Gasteiger partial charge < -0.3 is 10.5 Å². The van der Waals surface area contributed by atoms with Crippen molar-refractivity contribution in [1.82, 2.24) is 9.97 Å². The van der Waals surface area contributed by atoms with Crippen molar-refractivity contribution in [3.05, 3.63) is 6.20 Å². The molecule has 0 saturated carbocycles. The van der Waals surface area contributed by atoms with Crippen molar-refractivity contribution in [2.75, 3.05) is 18.6 Å². The van der Waals surface area contributed by atoms with Crippen LogP contribution >= 0.6 is 11.8 Å². The molecule has 0 spiro atoms. The number of methoxy groups -OCH3 is 1. The van der Waals surface area contributed by atoms with Crippen LogP contribution in [0.15, 0.2) is 11.4 Å². The van der Waals surface area contributed by atoms with Gasteiger partial charge in [-0.25, -0.2) is 4.98 Å². The molecule has 5 heteroatoms. The predicted molar refractivity (Wildman–Crippen MR) is 95.6 cm³/mol. The molecular weight excluding hydrogens is 294 g/mol. The van der Waals surface area contributed by atoms with E-state index >= 15 is 0 Å². The van der Waals surface area contributed by atoms with E-state index in [0.29, 0.717) is 11.6 Å². The molecule has 0 amide bonds. The maximum Gasteiger partial charge on any atom is 0.241 e. The monoisotopic (exact) mass is 325 g/mol. The van der Waals surface area contributed by atoms with Crippen LogP contribution in [-0.2, 0) is 0 Å². The molecule has 2 N–H and O–H groups in total. The van der Waals surface area contributed by atoms with Gasteiger partial charge in [0.05, 0.1) is 13.3 Å². The minimum Gasteiger partial charge on any atom is -0.479 e. The normalized spacial score (nSPS) is 10.8. The molecule has 0 aliphatic carbocycles. The summed E-state index contributed by atoms with van der Waals surface area (Å²) in [5.74, 6) is 1.53. The molecule has 1 aromatic heterocycles. The lowest BCUT2D eigenvalue weighted by Gasteiger charge is -2.05. The Morgan fingerprint density at radius 3 is 2.18 bits per heavy atom. The summed E-state index contributed by atoms with van der Waals surface area (Å²) in [6, 6.07) is 0. The molecule has 0 aliphatic heterocycles. The van der Waals surface area contributed by atoms with E-state index in [1.54, 1.807) is 25.1 Å². The van der Waals surface area contributed by atoms with Crippen LogP contribution in [0.25, 0.3) is 0 Å². The maximum absolute atomic E-state index is 5.70. The molecule has 1 heterocycles. The Labute approximate surface area is 139 Å². The number of nitrogen functional groups attached to an aromatic ring is 1. The molecule has 0 atom stereocenters. The summed E-state index contributed by atoms with van der Waals surface area (Å²) >= 11 is 1.68. The van der Waals surface area contributed by atoms with E-state index in [9.17, 15) is 0 Å². The van der Waals surface area contributed by atoms with Crippen LogP contribution in [0.5, 0.6) is 5.88 Å². The fraction of sp³-hybridized carbons (Fsp3) is 0.765. The highest BCUT2D eigenvalue weighted by atomic mass is 32.2. The van der Waals surface area contributed by atoms with Gasteiger partial charge in [-0.15, -0.1) is 0 Å². The van der Waals surface area contributed by atoms with Gasteiger partial charge in [0, 0.05) is 5.75 Å². The number of rotatable bonds is 13. The van der Waals surface area contributed by atoms with E-state index in [1.165, 1.54) is 64.2 Å². The van der Waals surface area contributed by atoms with E-state index in [-0.39, 0.29) is 0 Å². The second-order valence-electron chi connectivity index (χ2n) is 5.65. The summed E-state index contributed by atoms with van der Waals surface area (Å²) in [5, 5.41) is 0.752. The molecule has 0 aliphatic rings. The molecule has 22 heavy (non-hydrogen) atoms. The molecule has 0 aromatic carbocycles. The van der Waals surface area contributed by atoms with Crippen LogP contribution < -0.4 is 10.5 Å². The second kappa shape index (κ2) is 12.6.